The molecule has 1 unspecified atom stereocenters. The highest BCUT2D eigenvalue weighted by atomic mass is 32.2. The van der Waals surface area contributed by atoms with Gasteiger partial charge in [-0.1, -0.05) is 0 Å². The molecule has 90 valence electrons. The summed E-state index contributed by atoms with van der Waals surface area (Å²) in [5.74, 6) is 0.424. The molecule has 0 amide bonds. The molecule has 0 saturated carbocycles. The van der Waals surface area contributed by atoms with Crippen LogP contribution in [0.5, 0.6) is 17.2 Å². The van der Waals surface area contributed by atoms with Crippen molar-refractivity contribution in [2.45, 2.75) is 0 Å². The second-order valence-corrected chi connectivity index (χ2v) is 4.50. The lowest BCUT2D eigenvalue weighted by atomic mass is 10.2. The van der Waals surface area contributed by atoms with E-state index in [0.29, 0.717) is 10.6 Å². The number of aromatic nitrogens is 1. The zero-order valence-corrected chi connectivity index (χ0v) is 10.2. The van der Waals surface area contributed by atoms with Crippen LogP contribution in [-0.2, 0) is 0 Å². The zero-order chi connectivity index (χ0) is 12.4. The molecule has 2 aromatic rings. The highest BCUT2D eigenvalue weighted by Crippen LogP contribution is 2.41. The Morgan fingerprint density at radius 1 is 1.24 bits per heavy atom. The molecule has 1 aromatic carbocycles. The Kier molecular flexibility index (Phi) is 3.16. The molecule has 0 aliphatic heterocycles. The van der Waals surface area contributed by atoms with E-state index in [4.69, 9.17) is 9.47 Å². The van der Waals surface area contributed by atoms with Crippen molar-refractivity contribution in [3.05, 3.63) is 23.7 Å². The largest absolute Gasteiger partial charge is 0.589 e. The molecule has 17 heavy (non-hydrogen) atoms. The van der Waals surface area contributed by atoms with Gasteiger partial charge in [0.25, 0.3) is 5.01 Å². The lowest BCUT2D eigenvalue weighted by molar-refractivity contribution is 0.340. The van der Waals surface area contributed by atoms with E-state index in [9.17, 15) is 9.66 Å². The van der Waals surface area contributed by atoms with Gasteiger partial charge in [0.2, 0.25) is 5.75 Å². The minimum absolute atomic E-state index is 0.0870. The monoisotopic (exact) mass is 253 g/mol. The summed E-state index contributed by atoms with van der Waals surface area (Å²) in [6, 6.07) is 3.14. The first kappa shape index (κ1) is 11.7. The number of thiazole rings is 1. The molecule has 0 radical (unpaired) electrons. The van der Waals surface area contributed by atoms with E-state index in [2.05, 4.69) is 4.98 Å². The lowest BCUT2D eigenvalue weighted by Crippen LogP contribution is -1.90. The Morgan fingerprint density at radius 2 is 1.82 bits per heavy atom. The molecule has 0 aliphatic rings. The van der Waals surface area contributed by atoms with Crippen LogP contribution in [0.3, 0.4) is 0 Å². The molecule has 5 nitrogen and oxygen atoms in total. The summed E-state index contributed by atoms with van der Waals surface area (Å²) in [4.78, 5) is 4.01. The Balaban J connectivity index is 2.60. The van der Waals surface area contributed by atoms with E-state index in [-0.39, 0.29) is 17.2 Å². The van der Waals surface area contributed by atoms with E-state index in [1.165, 1.54) is 25.8 Å². The van der Waals surface area contributed by atoms with Gasteiger partial charge >= 0.3 is 0 Å². The summed E-state index contributed by atoms with van der Waals surface area (Å²) >= 11 is 0. The van der Waals surface area contributed by atoms with Crippen LogP contribution in [0.4, 0.5) is 0 Å². The molecule has 0 bridgehead atoms. The molecule has 1 heterocycles. The van der Waals surface area contributed by atoms with E-state index in [0.717, 1.165) is 0 Å². The van der Waals surface area contributed by atoms with Gasteiger partial charge in [0.05, 0.1) is 26.0 Å². The Morgan fingerprint density at radius 3 is 2.24 bits per heavy atom. The second kappa shape index (κ2) is 4.60. The summed E-state index contributed by atoms with van der Waals surface area (Å²) in [6.45, 7) is 0. The Hall–Kier alpha value is -1.79. The third-order valence-electron chi connectivity index (χ3n) is 2.29. The normalized spacial score (nSPS) is 11.4. The number of ether oxygens (including phenoxy) is 2. The van der Waals surface area contributed by atoms with E-state index in [1.54, 1.807) is 12.1 Å². The number of benzene rings is 1. The van der Waals surface area contributed by atoms with Crippen molar-refractivity contribution < 1.29 is 19.1 Å². The first-order valence-electron chi connectivity index (χ1n) is 4.77. The maximum atomic E-state index is 11.6. The van der Waals surface area contributed by atoms with Crippen LogP contribution in [0.1, 0.15) is 0 Å². The third kappa shape index (κ3) is 2.04. The molecule has 0 fully saturated rings. The highest BCUT2D eigenvalue weighted by molar-refractivity contribution is 7.26. The summed E-state index contributed by atoms with van der Waals surface area (Å²) in [5.41, 5.74) is 0.597. The van der Waals surface area contributed by atoms with Gasteiger partial charge < -0.3 is 19.1 Å². The fourth-order valence-corrected chi connectivity index (χ4v) is 2.29. The fourth-order valence-electron chi connectivity index (χ4n) is 1.48. The minimum atomic E-state index is -1.26. The quantitative estimate of drug-likeness (QED) is 0.849. The molecule has 2 rings (SSSR count). The average molecular weight is 253 g/mol. The van der Waals surface area contributed by atoms with Gasteiger partial charge in [-0.3, -0.25) is 0 Å². The summed E-state index contributed by atoms with van der Waals surface area (Å²) < 4.78 is 21.6. The molecule has 0 saturated heterocycles. The van der Waals surface area contributed by atoms with Crippen LogP contribution in [-0.4, -0.2) is 28.9 Å². The van der Waals surface area contributed by atoms with Crippen molar-refractivity contribution in [3.63, 3.8) is 0 Å². The fraction of sp³-hybridized carbons (Fsp3) is 0.182. The zero-order valence-electron chi connectivity index (χ0n) is 9.34. The van der Waals surface area contributed by atoms with Crippen LogP contribution in [0.2, 0.25) is 0 Å². The van der Waals surface area contributed by atoms with Gasteiger partial charge in [-0.15, -0.1) is 0 Å². The van der Waals surface area contributed by atoms with Gasteiger partial charge in [0.15, 0.2) is 16.9 Å². The molecular weight excluding hydrogens is 242 g/mol. The molecule has 1 atom stereocenters. The van der Waals surface area contributed by atoms with Crippen molar-refractivity contribution in [3.8, 4) is 27.8 Å². The standard InChI is InChI=1S/C11H11NO4S/c1-15-8-5-7(6-9(16-2)10(8)13)11-12-3-4-17(11)14/h3-6,13H,1-2H3. The van der Waals surface area contributed by atoms with Gasteiger partial charge in [0.1, 0.15) is 0 Å². The minimum Gasteiger partial charge on any atom is -0.589 e. The van der Waals surface area contributed by atoms with Crippen molar-refractivity contribution >= 4 is 10.8 Å². The molecule has 0 spiro atoms. The Labute approximate surface area is 101 Å². The van der Waals surface area contributed by atoms with Crippen LogP contribution >= 0.6 is 10.8 Å². The lowest BCUT2D eigenvalue weighted by Gasteiger charge is -2.09. The number of phenolic OH excluding ortho intramolecular Hbond substituents is 1. The first-order valence-corrected chi connectivity index (χ1v) is 5.99. The SMILES string of the molecule is COc1cc(-c2ncc[s+]2[O-])cc(OC)c1O. The number of phenols is 1. The van der Waals surface area contributed by atoms with Crippen LogP contribution < -0.4 is 9.47 Å². The maximum Gasteiger partial charge on any atom is 0.273 e. The predicted molar refractivity (Wildman–Crippen MR) is 63.1 cm³/mol. The maximum absolute atomic E-state index is 11.6. The van der Waals surface area contributed by atoms with Gasteiger partial charge in [0, 0.05) is 0 Å². The van der Waals surface area contributed by atoms with Gasteiger partial charge in [-0.05, 0) is 22.9 Å². The van der Waals surface area contributed by atoms with Crippen LogP contribution in [0.25, 0.3) is 10.6 Å². The van der Waals surface area contributed by atoms with Crippen molar-refractivity contribution in [1.29, 1.82) is 0 Å². The predicted octanol–water partition coefficient (Wildman–Crippen LogP) is 2.20. The number of aromatic hydroxyl groups is 1. The number of methoxy groups -OCH3 is 2. The van der Waals surface area contributed by atoms with Crippen molar-refractivity contribution in [2.75, 3.05) is 14.2 Å². The molecular formula is C11H11NO4S. The first-order chi connectivity index (χ1) is 8.17. The van der Waals surface area contributed by atoms with Crippen LogP contribution in [0.15, 0.2) is 23.7 Å². The molecule has 1 N–H and O–H groups in total. The van der Waals surface area contributed by atoms with E-state index in [1.807, 2.05) is 0 Å². The number of rotatable bonds is 3. The second-order valence-electron chi connectivity index (χ2n) is 3.25. The summed E-state index contributed by atoms with van der Waals surface area (Å²) in [6.07, 6.45) is 1.48. The van der Waals surface area contributed by atoms with Gasteiger partial charge in [-0.2, -0.15) is 0 Å². The van der Waals surface area contributed by atoms with E-state index >= 15 is 0 Å². The molecule has 0 aliphatic carbocycles. The topological polar surface area (TPSA) is 74.6 Å². The molecule has 6 heteroatoms. The van der Waals surface area contributed by atoms with Gasteiger partial charge in [-0.25, -0.2) is 4.98 Å². The number of hydrogen-bond donors (Lipinski definition) is 1. The number of nitrogens with zero attached hydrogens (tertiary/aromatic N) is 1. The number of hydrogen-bond acceptors (Lipinski definition) is 5. The van der Waals surface area contributed by atoms with Crippen molar-refractivity contribution in [1.82, 2.24) is 4.98 Å². The van der Waals surface area contributed by atoms with Crippen molar-refractivity contribution in [2.24, 2.45) is 0 Å². The highest BCUT2D eigenvalue weighted by Gasteiger charge is 2.17. The van der Waals surface area contributed by atoms with Crippen LogP contribution in [0, 0.1) is 0 Å². The smallest absolute Gasteiger partial charge is 0.273 e. The Bertz CT molecular complexity index is 513. The summed E-state index contributed by atoms with van der Waals surface area (Å²) in [5, 5.41) is 11.6. The third-order valence-corrected chi connectivity index (χ3v) is 3.38. The molecule has 1 aromatic heterocycles. The average Bonchev–Trinajstić information content (AvgIpc) is 2.76. The summed E-state index contributed by atoms with van der Waals surface area (Å²) in [7, 11) is 1.61. The van der Waals surface area contributed by atoms with E-state index < -0.39 is 10.8 Å².